The fourth-order valence-electron chi connectivity index (χ4n) is 2.81. The molecule has 1 aliphatic rings. The van der Waals surface area contributed by atoms with Gasteiger partial charge < -0.3 is 0 Å². The Hall–Kier alpha value is -2.42. The highest BCUT2D eigenvalue weighted by Gasteiger charge is 2.35. The molecule has 1 saturated heterocycles. The molecule has 0 aromatic heterocycles. The van der Waals surface area contributed by atoms with E-state index >= 15 is 0 Å². The average Bonchev–Trinajstić information content (AvgIpc) is 2.86. The molecular weight excluding hydrogens is 262 g/mol. The summed E-state index contributed by atoms with van der Waals surface area (Å²) in [7, 11) is 0. The summed E-state index contributed by atoms with van der Waals surface area (Å²) in [5.41, 5.74) is 2.13. The van der Waals surface area contributed by atoms with Crippen molar-refractivity contribution in [3.05, 3.63) is 71.8 Å². The number of likely N-dealkylation sites (tertiary alicyclic amines) is 1. The van der Waals surface area contributed by atoms with Crippen molar-refractivity contribution in [3.8, 4) is 0 Å². The van der Waals surface area contributed by atoms with Gasteiger partial charge in [0.05, 0.1) is 6.04 Å². The number of carbonyl (C=O) groups excluding carboxylic acids is 2. The molecule has 1 unspecified atom stereocenters. The zero-order valence-electron chi connectivity index (χ0n) is 11.7. The molecule has 106 valence electrons. The molecule has 0 bridgehead atoms. The Morgan fingerprint density at radius 3 is 1.90 bits per heavy atom. The van der Waals surface area contributed by atoms with E-state index in [2.05, 4.69) is 0 Å². The van der Waals surface area contributed by atoms with Crippen LogP contribution in [0, 0.1) is 0 Å². The molecule has 3 heteroatoms. The highest BCUT2D eigenvalue weighted by molar-refractivity contribution is 6.02. The van der Waals surface area contributed by atoms with Crippen LogP contribution in [0.5, 0.6) is 0 Å². The maximum absolute atomic E-state index is 12.1. The summed E-state index contributed by atoms with van der Waals surface area (Å²) >= 11 is 0. The SMILES string of the molecule is O=C1CCC(=O)N1C(Cc1ccccc1)c1ccccc1. The van der Waals surface area contributed by atoms with E-state index < -0.39 is 0 Å². The highest BCUT2D eigenvalue weighted by Crippen LogP contribution is 2.30. The molecule has 0 saturated carbocycles. The molecule has 0 radical (unpaired) electrons. The molecule has 0 spiro atoms. The van der Waals surface area contributed by atoms with Gasteiger partial charge in [0.1, 0.15) is 0 Å². The zero-order valence-corrected chi connectivity index (χ0v) is 11.7. The minimum Gasteiger partial charge on any atom is -0.275 e. The Morgan fingerprint density at radius 1 is 0.810 bits per heavy atom. The second-order valence-electron chi connectivity index (χ2n) is 5.27. The third kappa shape index (κ3) is 2.87. The van der Waals surface area contributed by atoms with Crippen LogP contribution in [0.2, 0.25) is 0 Å². The average molecular weight is 279 g/mol. The minimum atomic E-state index is -0.212. The smallest absolute Gasteiger partial charge is 0.230 e. The van der Waals surface area contributed by atoms with Crippen LogP contribution in [0.15, 0.2) is 60.7 Å². The molecule has 0 N–H and O–H groups in total. The molecule has 1 atom stereocenters. The lowest BCUT2D eigenvalue weighted by Gasteiger charge is -2.27. The monoisotopic (exact) mass is 279 g/mol. The number of imide groups is 1. The maximum Gasteiger partial charge on any atom is 0.230 e. The Labute approximate surface area is 124 Å². The minimum absolute atomic E-state index is 0.0650. The maximum atomic E-state index is 12.1. The first-order valence-corrected chi connectivity index (χ1v) is 7.19. The molecule has 2 aromatic carbocycles. The van der Waals surface area contributed by atoms with Crippen LogP contribution in [0.25, 0.3) is 0 Å². The van der Waals surface area contributed by atoms with Crippen molar-refractivity contribution in [1.29, 1.82) is 0 Å². The number of amides is 2. The van der Waals surface area contributed by atoms with Crippen LogP contribution < -0.4 is 0 Å². The summed E-state index contributed by atoms with van der Waals surface area (Å²) in [6.45, 7) is 0. The Morgan fingerprint density at radius 2 is 1.33 bits per heavy atom. The van der Waals surface area contributed by atoms with Crippen LogP contribution in [-0.4, -0.2) is 16.7 Å². The Balaban J connectivity index is 1.95. The summed E-state index contributed by atoms with van der Waals surface area (Å²) in [4.78, 5) is 25.6. The third-order valence-corrected chi connectivity index (χ3v) is 3.86. The van der Waals surface area contributed by atoms with Crippen molar-refractivity contribution in [1.82, 2.24) is 4.90 Å². The molecule has 1 fully saturated rings. The van der Waals surface area contributed by atoms with E-state index in [1.54, 1.807) is 0 Å². The van der Waals surface area contributed by atoms with Gasteiger partial charge in [-0.15, -0.1) is 0 Å². The van der Waals surface area contributed by atoms with E-state index in [0.29, 0.717) is 19.3 Å². The lowest BCUT2D eigenvalue weighted by Crippen LogP contribution is -2.34. The largest absolute Gasteiger partial charge is 0.275 e. The number of nitrogens with zero attached hydrogens (tertiary/aromatic N) is 1. The fraction of sp³-hybridized carbons (Fsp3) is 0.222. The van der Waals surface area contributed by atoms with Gasteiger partial charge in [0.15, 0.2) is 0 Å². The molecule has 21 heavy (non-hydrogen) atoms. The second-order valence-corrected chi connectivity index (χ2v) is 5.27. The van der Waals surface area contributed by atoms with Crippen molar-refractivity contribution in [3.63, 3.8) is 0 Å². The molecule has 1 aliphatic heterocycles. The molecule has 2 aromatic rings. The van der Waals surface area contributed by atoms with E-state index in [-0.39, 0.29) is 17.9 Å². The normalized spacial score (nSPS) is 16.3. The number of benzene rings is 2. The lowest BCUT2D eigenvalue weighted by atomic mass is 9.97. The van der Waals surface area contributed by atoms with Gasteiger partial charge in [-0.1, -0.05) is 60.7 Å². The number of hydrogen-bond acceptors (Lipinski definition) is 2. The van der Waals surface area contributed by atoms with Crippen LogP contribution in [0.4, 0.5) is 0 Å². The number of carbonyl (C=O) groups is 2. The first-order valence-electron chi connectivity index (χ1n) is 7.19. The first kappa shape index (κ1) is 13.6. The molecule has 3 nitrogen and oxygen atoms in total. The fourth-order valence-corrected chi connectivity index (χ4v) is 2.81. The van der Waals surface area contributed by atoms with Gasteiger partial charge >= 0.3 is 0 Å². The van der Waals surface area contributed by atoms with Crippen molar-refractivity contribution in [2.45, 2.75) is 25.3 Å². The van der Waals surface area contributed by atoms with Gasteiger partial charge in [-0.25, -0.2) is 0 Å². The van der Waals surface area contributed by atoms with Gasteiger partial charge in [-0.2, -0.15) is 0 Å². The summed E-state index contributed by atoms with van der Waals surface area (Å²) in [6, 6.07) is 19.5. The summed E-state index contributed by atoms with van der Waals surface area (Å²) in [5.74, 6) is -0.130. The van der Waals surface area contributed by atoms with Gasteiger partial charge in [0.2, 0.25) is 11.8 Å². The molecule has 3 rings (SSSR count). The predicted molar refractivity (Wildman–Crippen MR) is 80.4 cm³/mol. The van der Waals surface area contributed by atoms with Crippen LogP contribution in [0.1, 0.15) is 30.0 Å². The highest BCUT2D eigenvalue weighted by atomic mass is 16.2. The van der Waals surface area contributed by atoms with Crippen molar-refractivity contribution < 1.29 is 9.59 Å². The van der Waals surface area contributed by atoms with Crippen LogP contribution >= 0.6 is 0 Å². The predicted octanol–water partition coefficient (Wildman–Crippen LogP) is 3.12. The van der Waals surface area contributed by atoms with Gasteiger partial charge in [-0.3, -0.25) is 14.5 Å². The quantitative estimate of drug-likeness (QED) is 0.806. The van der Waals surface area contributed by atoms with Gasteiger partial charge in [0.25, 0.3) is 0 Å². The third-order valence-electron chi connectivity index (χ3n) is 3.86. The Bertz CT molecular complexity index is 621. The van der Waals surface area contributed by atoms with E-state index in [1.165, 1.54) is 4.90 Å². The number of hydrogen-bond donors (Lipinski definition) is 0. The van der Waals surface area contributed by atoms with E-state index in [0.717, 1.165) is 11.1 Å². The molecule has 0 aliphatic carbocycles. The van der Waals surface area contributed by atoms with Crippen molar-refractivity contribution >= 4 is 11.8 Å². The summed E-state index contributed by atoms with van der Waals surface area (Å²) in [5, 5.41) is 0. The van der Waals surface area contributed by atoms with Crippen LogP contribution in [0.3, 0.4) is 0 Å². The second kappa shape index (κ2) is 5.92. The zero-order chi connectivity index (χ0) is 14.7. The standard InChI is InChI=1S/C18H17NO2/c20-17-11-12-18(21)19(17)16(15-9-5-2-6-10-15)13-14-7-3-1-4-8-14/h1-10,16H,11-13H2. The first-order chi connectivity index (χ1) is 10.3. The summed E-state index contributed by atoms with van der Waals surface area (Å²) < 4.78 is 0. The number of rotatable bonds is 4. The molecule has 2 amide bonds. The van der Waals surface area contributed by atoms with Crippen molar-refractivity contribution in [2.75, 3.05) is 0 Å². The molecular formula is C18H17NO2. The topological polar surface area (TPSA) is 37.4 Å². The van der Waals surface area contributed by atoms with E-state index in [1.807, 2.05) is 60.7 Å². The molecule has 1 heterocycles. The van der Waals surface area contributed by atoms with Crippen molar-refractivity contribution in [2.24, 2.45) is 0 Å². The Kier molecular flexibility index (Phi) is 3.82. The lowest BCUT2D eigenvalue weighted by molar-refractivity contribution is -0.141. The van der Waals surface area contributed by atoms with E-state index in [9.17, 15) is 9.59 Å². The summed E-state index contributed by atoms with van der Waals surface area (Å²) in [6.07, 6.45) is 1.32. The van der Waals surface area contributed by atoms with E-state index in [4.69, 9.17) is 0 Å². The van der Waals surface area contributed by atoms with Crippen LogP contribution in [-0.2, 0) is 16.0 Å². The van der Waals surface area contributed by atoms with Gasteiger partial charge in [0, 0.05) is 12.8 Å². The van der Waals surface area contributed by atoms with Gasteiger partial charge in [-0.05, 0) is 17.5 Å².